The number of hydrogen-bond donors (Lipinski definition) is 0. The number of rotatable bonds is 2. The Morgan fingerprint density at radius 3 is 2.94 bits per heavy atom. The van der Waals surface area contributed by atoms with Crippen LogP contribution in [0.1, 0.15) is 6.92 Å². The molecule has 1 aromatic heterocycles. The average Bonchev–Trinajstić information content (AvgIpc) is 2.22. The zero-order valence-corrected chi connectivity index (χ0v) is 10.2. The van der Waals surface area contributed by atoms with E-state index in [1.807, 2.05) is 6.92 Å². The van der Waals surface area contributed by atoms with E-state index in [9.17, 15) is 4.79 Å². The Morgan fingerprint density at radius 1 is 1.50 bits per heavy atom. The second kappa shape index (κ2) is 4.44. The zero-order valence-electron chi connectivity index (χ0n) is 8.65. The van der Waals surface area contributed by atoms with Crippen molar-refractivity contribution in [2.45, 2.75) is 18.8 Å². The highest BCUT2D eigenvalue weighted by Crippen LogP contribution is 2.14. The molecule has 5 heteroatoms. The third-order valence-electron chi connectivity index (χ3n) is 2.24. The standard InChI is InChI=1S/C11H10Cl2N2O/c1-7(12)5-15-6-14-10-4-8(13)2-3-9(10)11(15)16/h2-4,6-7H,5H2,1H3. The van der Waals surface area contributed by atoms with E-state index in [0.717, 1.165) is 0 Å². The normalized spacial score (nSPS) is 12.9. The van der Waals surface area contributed by atoms with Crippen LogP contribution in [0.2, 0.25) is 5.02 Å². The van der Waals surface area contributed by atoms with Crippen molar-refractivity contribution >= 4 is 34.1 Å². The maximum absolute atomic E-state index is 12.0. The maximum Gasteiger partial charge on any atom is 0.261 e. The molecule has 0 aliphatic heterocycles. The molecule has 3 nitrogen and oxygen atoms in total. The van der Waals surface area contributed by atoms with Crippen LogP contribution in [0.5, 0.6) is 0 Å². The molecule has 1 unspecified atom stereocenters. The fourth-order valence-electron chi connectivity index (χ4n) is 1.53. The smallest absolute Gasteiger partial charge is 0.261 e. The largest absolute Gasteiger partial charge is 0.297 e. The quantitative estimate of drug-likeness (QED) is 0.775. The molecule has 84 valence electrons. The number of fused-ring (bicyclic) bond motifs is 1. The lowest BCUT2D eigenvalue weighted by atomic mass is 10.2. The molecule has 2 rings (SSSR count). The van der Waals surface area contributed by atoms with Crippen LogP contribution in [0.3, 0.4) is 0 Å². The van der Waals surface area contributed by atoms with Crippen molar-refractivity contribution in [1.82, 2.24) is 9.55 Å². The lowest BCUT2D eigenvalue weighted by molar-refractivity contribution is 0.654. The van der Waals surface area contributed by atoms with Gasteiger partial charge in [-0.15, -0.1) is 11.6 Å². The Labute approximate surface area is 103 Å². The maximum atomic E-state index is 12.0. The molecule has 16 heavy (non-hydrogen) atoms. The summed E-state index contributed by atoms with van der Waals surface area (Å²) in [5, 5.41) is 1.02. The van der Waals surface area contributed by atoms with Gasteiger partial charge in [0, 0.05) is 16.9 Å². The molecule has 1 aromatic carbocycles. The second-order valence-corrected chi connectivity index (χ2v) is 4.83. The Balaban J connectivity index is 2.61. The lowest BCUT2D eigenvalue weighted by Crippen LogP contribution is -2.23. The van der Waals surface area contributed by atoms with Crippen molar-refractivity contribution in [3.8, 4) is 0 Å². The molecule has 0 N–H and O–H groups in total. The van der Waals surface area contributed by atoms with Crippen LogP contribution in [0.25, 0.3) is 10.9 Å². The average molecular weight is 257 g/mol. The summed E-state index contributed by atoms with van der Waals surface area (Å²) in [6.45, 7) is 2.28. The summed E-state index contributed by atoms with van der Waals surface area (Å²) in [5.41, 5.74) is 0.519. The van der Waals surface area contributed by atoms with Crippen molar-refractivity contribution in [3.63, 3.8) is 0 Å². The van der Waals surface area contributed by atoms with Crippen LogP contribution in [-0.4, -0.2) is 14.9 Å². The molecule has 0 aliphatic rings. The van der Waals surface area contributed by atoms with Gasteiger partial charge in [0.2, 0.25) is 0 Å². The van der Waals surface area contributed by atoms with Crippen LogP contribution in [0.15, 0.2) is 29.3 Å². The van der Waals surface area contributed by atoms with Gasteiger partial charge in [0.25, 0.3) is 5.56 Å². The number of halogens is 2. The Morgan fingerprint density at radius 2 is 2.25 bits per heavy atom. The Bertz CT molecular complexity index is 578. The summed E-state index contributed by atoms with van der Waals surface area (Å²) in [7, 11) is 0. The van der Waals surface area contributed by atoms with Gasteiger partial charge in [0.1, 0.15) is 0 Å². The summed E-state index contributed by atoms with van der Waals surface area (Å²) < 4.78 is 1.51. The minimum atomic E-state index is -0.107. The van der Waals surface area contributed by atoms with Crippen LogP contribution in [-0.2, 0) is 6.54 Å². The summed E-state index contributed by atoms with van der Waals surface area (Å²) in [5.74, 6) is 0. The highest BCUT2D eigenvalue weighted by molar-refractivity contribution is 6.31. The summed E-state index contributed by atoms with van der Waals surface area (Å²) >= 11 is 11.7. The SMILES string of the molecule is CC(Cl)Cn1cnc2cc(Cl)ccc2c1=O. The van der Waals surface area contributed by atoms with E-state index in [2.05, 4.69) is 4.98 Å². The topological polar surface area (TPSA) is 34.9 Å². The number of benzene rings is 1. The monoisotopic (exact) mass is 256 g/mol. The minimum absolute atomic E-state index is 0.0887. The first-order valence-corrected chi connectivity index (χ1v) is 5.68. The molecule has 1 atom stereocenters. The van der Waals surface area contributed by atoms with Crippen molar-refractivity contribution in [2.24, 2.45) is 0 Å². The highest BCUT2D eigenvalue weighted by Gasteiger charge is 2.06. The van der Waals surface area contributed by atoms with Crippen LogP contribution in [0, 0.1) is 0 Å². The predicted molar refractivity (Wildman–Crippen MR) is 66.3 cm³/mol. The Kier molecular flexibility index (Phi) is 3.17. The van der Waals surface area contributed by atoms with E-state index in [4.69, 9.17) is 23.2 Å². The van der Waals surface area contributed by atoms with Gasteiger partial charge in [-0.25, -0.2) is 4.98 Å². The van der Waals surface area contributed by atoms with E-state index in [1.54, 1.807) is 18.2 Å². The highest BCUT2D eigenvalue weighted by atomic mass is 35.5. The van der Waals surface area contributed by atoms with Crippen molar-refractivity contribution in [1.29, 1.82) is 0 Å². The van der Waals surface area contributed by atoms with Gasteiger partial charge in [-0.3, -0.25) is 9.36 Å². The number of alkyl halides is 1. The molecule has 2 aromatic rings. The van der Waals surface area contributed by atoms with Gasteiger partial charge < -0.3 is 0 Å². The zero-order chi connectivity index (χ0) is 11.7. The molecule has 0 aliphatic carbocycles. The first-order chi connectivity index (χ1) is 7.58. The summed E-state index contributed by atoms with van der Waals surface area (Å²) in [6.07, 6.45) is 1.50. The van der Waals surface area contributed by atoms with Crippen LogP contribution in [0.4, 0.5) is 0 Å². The van der Waals surface area contributed by atoms with Gasteiger partial charge >= 0.3 is 0 Å². The molecular formula is C11H10Cl2N2O. The molecule has 1 heterocycles. The fourth-order valence-corrected chi connectivity index (χ4v) is 1.85. The van der Waals surface area contributed by atoms with E-state index >= 15 is 0 Å². The van der Waals surface area contributed by atoms with Crippen molar-refractivity contribution in [3.05, 3.63) is 39.9 Å². The van der Waals surface area contributed by atoms with Gasteiger partial charge in [-0.05, 0) is 25.1 Å². The van der Waals surface area contributed by atoms with Gasteiger partial charge in [0.15, 0.2) is 0 Å². The second-order valence-electron chi connectivity index (χ2n) is 3.64. The number of aromatic nitrogens is 2. The summed E-state index contributed by atoms with van der Waals surface area (Å²) in [6, 6.07) is 5.04. The molecule has 0 amide bonds. The first kappa shape index (κ1) is 11.4. The van der Waals surface area contributed by atoms with Gasteiger partial charge in [-0.1, -0.05) is 11.6 Å². The lowest BCUT2D eigenvalue weighted by Gasteiger charge is -2.07. The van der Waals surface area contributed by atoms with Gasteiger partial charge in [0.05, 0.1) is 17.2 Å². The first-order valence-electron chi connectivity index (χ1n) is 4.86. The van der Waals surface area contributed by atoms with Crippen LogP contribution < -0.4 is 5.56 Å². The molecule has 0 fully saturated rings. The van der Waals surface area contributed by atoms with E-state index in [0.29, 0.717) is 22.5 Å². The summed E-state index contributed by atoms with van der Waals surface area (Å²) in [4.78, 5) is 16.2. The van der Waals surface area contributed by atoms with E-state index in [1.165, 1.54) is 10.9 Å². The number of nitrogens with zero attached hydrogens (tertiary/aromatic N) is 2. The molecule has 0 bridgehead atoms. The minimum Gasteiger partial charge on any atom is -0.297 e. The molecule has 0 saturated carbocycles. The van der Waals surface area contributed by atoms with Crippen LogP contribution >= 0.6 is 23.2 Å². The van der Waals surface area contributed by atoms with Crippen molar-refractivity contribution in [2.75, 3.05) is 0 Å². The Hall–Kier alpha value is -1.06. The third kappa shape index (κ3) is 2.20. The number of hydrogen-bond acceptors (Lipinski definition) is 2. The molecule has 0 saturated heterocycles. The molecule has 0 radical (unpaired) electrons. The third-order valence-corrected chi connectivity index (χ3v) is 2.61. The molecular weight excluding hydrogens is 247 g/mol. The van der Waals surface area contributed by atoms with E-state index < -0.39 is 0 Å². The predicted octanol–water partition coefficient (Wildman–Crippen LogP) is 2.68. The van der Waals surface area contributed by atoms with E-state index in [-0.39, 0.29) is 10.9 Å². The van der Waals surface area contributed by atoms with Gasteiger partial charge in [-0.2, -0.15) is 0 Å². The fraction of sp³-hybridized carbons (Fsp3) is 0.273. The van der Waals surface area contributed by atoms with Crippen molar-refractivity contribution < 1.29 is 0 Å². The molecule has 0 spiro atoms.